The molecule has 0 radical (unpaired) electrons. The molecule has 104 valence electrons. The van der Waals surface area contributed by atoms with Crippen molar-refractivity contribution in [2.45, 2.75) is 77.3 Å². The van der Waals surface area contributed by atoms with Crippen molar-refractivity contribution < 1.29 is 0 Å². The predicted octanol–water partition coefficient (Wildman–Crippen LogP) is 3.70. The van der Waals surface area contributed by atoms with Crippen LogP contribution in [0.4, 0.5) is 0 Å². The van der Waals surface area contributed by atoms with Crippen LogP contribution in [-0.2, 0) is 0 Å². The zero-order valence-corrected chi connectivity index (χ0v) is 13.0. The van der Waals surface area contributed by atoms with Crippen molar-refractivity contribution in [1.29, 1.82) is 0 Å². The Hall–Kier alpha value is -0.310. The lowest BCUT2D eigenvalue weighted by molar-refractivity contribution is 0.168. The lowest BCUT2D eigenvalue weighted by atomic mass is 9.75. The van der Waals surface area contributed by atoms with Crippen LogP contribution in [0.3, 0.4) is 0 Å². The van der Waals surface area contributed by atoms with Crippen molar-refractivity contribution in [1.82, 2.24) is 10.2 Å². The normalized spacial score (nSPS) is 25.1. The van der Waals surface area contributed by atoms with E-state index in [1.54, 1.807) is 0 Å². The first-order chi connectivity index (χ1) is 8.48. The first-order valence-corrected chi connectivity index (χ1v) is 7.92. The Morgan fingerprint density at radius 3 is 2.22 bits per heavy atom. The molecule has 0 bridgehead atoms. The summed E-state index contributed by atoms with van der Waals surface area (Å²) in [5.74, 6) is 0. The van der Waals surface area contributed by atoms with Crippen molar-refractivity contribution in [3.05, 3.63) is 0 Å². The lowest BCUT2D eigenvalue weighted by Crippen LogP contribution is -2.48. The molecule has 0 spiro atoms. The van der Waals surface area contributed by atoms with Gasteiger partial charge in [-0.3, -0.25) is 0 Å². The average molecular weight is 268 g/mol. The van der Waals surface area contributed by atoms with Crippen LogP contribution in [-0.4, -0.2) is 29.1 Å². The molecular formula is C15H28N2S. The van der Waals surface area contributed by atoms with Gasteiger partial charge < -0.3 is 10.2 Å². The number of nitrogens with zero attached hydrogens (tertiary/aromatic N) is 1. The zero-order valence-electron chi connectivity index (χ0n) is 12.2. The molecule has 0 aromatic carbocycles. The van der Waals surface area contributed by atoms with E-state index in [2.05, 4.69) is 31.1 Å². The van der Waals surface area contributed by atoms with Crippen molar-refractivity contribution in [3.8, 4) is 0 Å². The van der Waals surface area contributed by atoms with E-state index in [-0.39, 0.29) is 0 Å². The maximum Gasteiger partial charge on any atom is 0.169 e. The highest BCUT2D eigenvalue weighted by atomic mass is 32.1. The Bertz CT molecular complexity index is 285. The van der Waals surface area contributed by atoms with Crippen LogP contribution in [0.15, 0.2) is 0 Å². The second kappa shape index (κ2) is 5.77. The molecule has 0 aromatic heterocycles. The highest BCUT2D eigenvalue weighted by Gasteiger charge is 2.30. The zero-order chi connectivity index (χ0) is 13.2. The summed E-state index contributed by atoms with van der Waals surface area (Å²) in [6, 6.07) is 1.29. The Morgan fingerprint density at radius 1 is 1.11 bits per heavy atom. The van der Waals surface area contributed by atoms with E-state index in [1.165, 1.54) is 51.4 Å². The van der Waals surface area contributed by atoms with Gasteiger partial charge in [0.2, 0.25) is 0 Å². The Labute approximate surface area is 118 Å². The first kappa shape index (κ1) is 14.1. The maximum absolute atomic E-state index is 5.57. The van der Waals surface area contributed by atoms with Gasteiger partial charge in [0.05, 0.1) is 0 Å². The summed E-state index contributed by atoms with van der Waals surface area (Å²) in [5.41, 5.74) is 0.540. The molecule has 0 heterocycles. The fourth-order valence-corrected chi connectivity index (χ4v) is 3.60. The van der Waals surface area contributed by atoms with E-state index in [9.17, 15) is 0 Å². The lowest BCUT2D eigenvalue weighted by Gasteiger charge is -2.40. The molecule has 0 aliphatic heterocycles. The van der Waals surface area contributed by atoms with Crippen LogP contribution in [0.1, 0.15) is 65.2 Å². The minimum Gasteiger partial charge on any atom is -0.360 e. The molecular weight excluding hydrogens is 240 g/mol. The topological polar surface area (TPSA) is 15.3 Å². The van der Waals surface area contributed by atoms with Crippen molar-refractivity contribution >= 4 is 17.3 Å². The highest BCUT2D eigenvalue weighted by molar-refractivity contribution is 7.80. The molecule has 18 heavy (non-hydrogen) atoms. The summed E-state index contributed by atoms with van der Waals surface area (Å²) in [4.78, 5) is 2.32. The number of thiocarbonyl (C=S) groups is 1. The molecule has 0 atom stereocenters. The standard InChI is InChI=1S/C15H28N2S/c1-15(2)10-8-13(9-11-15)17(3)14(18)16-12-6-4-5-7-12/h12-13H,4-11H2,1-3H3,(H,16,18). The van der Waals surface area contributed by atoms with Crippen LogP contribution in [0.25, 0.3) is 0 Å². The quantitative estimate of drug-likeness (QED) is 0.769. The fourth-order valence-electron chi connectivity index (χ4n) is 3.28. The molecule has 2 saturated carbocycles. The molecule has 2 aliphatic rings. The summed E-state index contributed by atoms with van der Waals surface area (Å²) in [5, 5.41) is 4.53. The second-order valence-corrected chi connectivity index (χ2v) is 7.32. The van der Waals surface area contributed by atoms with Gasteiger partial charge in [0.25, 0.3) is 0 Å². The summed E-state index contributed by atoms with van der Waals surface area (Å²) >= 11 is 5.57. The van der Waals surface area contributed by atoms with E-state index in [0.29, 0.717) is 17.5 Å². The van der Waals surface area contributed by atoms with Crippen LogP contribution in [0.5, 0.6) is 0 Å². The fraction of sp³-hybridized carbons (Fsp3) is 0.933. The van der Waals surface area contributed by atoms with Crippen molar-refractivity contribution in [2.75, 3.05) is 7.05 Å². The van der Waals surface area contributed by atoms with Gasteiger partial charge in [-0.1, -0.05) is 26.7 Å². The van der Waals surface area contributed by atoms with Crippen molar-refractivity contribution in [3.63, 3.8) is 0 Å². The maximum atomic E-state index is 5.57. The van der Waals surface area contributed by atoms with Crippen LogP contribution < -0.4 is 5.32 Å². The van der Waals surface area contributed by atoms with Gasteiger partial charge in [-0.25, -0.2) is 0 Å². The van der Waals surface area contributed by atoms with Gasteiger partial charge in [0, 0.05) is 19.1 Å². The Balaban J connectivity index is 1.79. The number of nitrogens with one attached hydrogen (secondary N) is 1. The third-order valence-corrected chi connectivity index (χ3v) is 5.27. The number of hydrogen-bond acceptors (Lipinski definition) is 1. The molecule has 0 unspecified atom stereocenters. The predicted molar refractivity (Wildman–Crippen MR) is 81.8 cm³/mol. The molecule has 0 saturated heterocycles. The van der Waals surface area contributed by atoms with E-state index in [0.717, 1.165) is 5.11 Å². The SMILES string of the molecule is CN(C(=S)NC1CCCC1)C1CCC(C)(C)CC1. The van der Waals surface area contributed by atoms with Crippen LogP contribution in [0, 0.1) is 5.41 Å². The molecule has 2 aliphatic carbocycles. The second-order valence-electron chi connectivity index (χ2n) is 6.94. The monoisotopic (exact) mass is 268 g/mol. The smallest absolute Gasteiger partial charge is 0.169 e. The van der Waals surface area contributed by atoms with Crippen molar-refractivity contribution in [2.24, 2.45) is 5.41 Å². The first-order valence-electron chi connectivity index (χ1n) is 7.51. The van der Waals surface area contributed by atoms with E-state index in [4.69, 9.17) is 12.2 Å². The van der Waals surface area contributed by atoms with Gasteiger partial charge in [0.15, 0.2) is 5.11 Å². The van der Waals surface area contributed by atoms with E-state index >= 15 is 0 Å². The van der Waals surface area contributed by atoms with Crippen LogP contribution in [0.2, 0.25) is 0 Å². The molecule has 2 fully saturated rings. The molecule has 2 rings (SSSR count). The average Bonchev–Trinajstić information content (AvgIpc) is 2.81. The third kappa shape index (κ3) is 3.59. The molecule has 1 N–H and O–H groups in total. The van der Waals surface area contributed by atoms with Gasteiger partial charge in [-0.15, -0.1) is 0 Å². The highest BCUT2D eigenvalue weighted by Crippen LogP contribution is 2.36. The Morgan fingerprint density at radius 2 is 1.67 bits per heavy atom. The Kier molecular flexibility index (Phi) is 4.52. The van der Waals surface area contributed by atoms with Gasteiger partial charge >= 0.3 is 0 Å². The summed E-state index contributed by atoms with van der Waals surface area (Å²) < 4.78 is 0. The molecule has 2 nitrogen and oxygen atoms in total. The summed E-state index contributed by atoms with van der Waals surface area (Å²) in [7, 11) is 2.17. The van der Waals surface area contributed by atoms with Crippen LogP contribution >= 0.6 is 12.2 Å². The third-order valence-electron chi connectivity index (χ3n) is 4.86. The molecule has 3 heteroatoms. The van der Waals surface area contributed by atoms with Gasteiger partial charge in [0.1, 0.15) is 0 Å². The minimum atomic E-state index is 0.540. The summed E-state index contributed by atoms with van der Waals surface area (Å²) in [6.07, 6.45) is 10.6. The minimum absolute atomic E-state index is 0.540. The summed E-state index contributed by atoms with van der Waals surface area (Å²) in [6.45, 7) is 4.77. The van der Waals surface area contributed by atoms with E-state index in [1.807, 2.05) is 0 Å². The number of rotatable bonds is 2. The van der Waals surface area contributed by atoms with E-state index < -0.39 is 0 Å². The largest absolute Gasteiger partial charge is 0.360 e. The number of hydrogen-bond donors (Lipinski definition) is 1. The molecule has 0 amide bonds. The molecule has 0 aromatic rings. The van der Waals surface area contributed by atoms with Gasteiger partial charge in [-0.05, 0) is 56.2 Å². The van der Waals surface area contributed by atoms with Gasteiger partial charge in [-0.2, -0.15) is 0 Å².